The molecule has 0 spiro atoms. The van der Waals surface area contributed by atoms with Crippen LogP contribution in [-0.4, -0.2) is 55.8 Å². The van der Waals surface area contributed by atoms with Gasteiger partial charge in [0, 0.05) is 35.8 Å². The van der Waals surface area contributed by atoms with Gasteiger partial charge in [0.1, 0.15) is 0 Å². The lowest BCUT2D eigenvalue weighted by atomic mass is 9.83. The van der Waals surface area contributed by atoms with Crippen molar-refractivity contribution in [2.75, 3.05) is 27.8 Å². The van der Waals surface area contributed by atoms with Gasteiger partial charge >= 0.3 is 0 Å². The van der Waals surface area contributed by atoms with Crippen molar-refractivity contribution in [2.45, 2.75) is 37.0 Å². The molecule has 6 nitrogen and oxygen atoms in total. The Kier molecular flexibility index (Phi) is 8.29. The van der Waals surface area contributed by atoms with E-state index in [-0.39, 0.29) is 29.0 Å². The van der Waals surface area contributed by atoms with E-state index in [1.807, 2.05) is 60.5 Å². The Labute approximate surface area is 216 Å². The Morgan fingerprint density at radius 2 is 1.89 bits per heavy atom. The van der Waals surface area contributed by atoms with Gasteiger partial charge in [-0.3, -0.25) is 9.59 Å². The van der Waals surface area contributed by atoms with E-state index in [0.717, 1.165) is 30.4 Å². The number of rotatable bonds is 7. The van der Waals surface area contributed by atoms with Gasteiger partial charge in [0.25, 0.3) is 5.91 Å². The number of hydrogen-bond acceptors (Lipinski definition) is 5. The number of carbonyl (C=O) groups is 2. The van der Waals surface area contributed by atoms with Crippen LogP contribution >= 0.6 is 23.4 Å². The van der Waals surface area contributed by atoms with Crippen molar-refractivity contribution in [3.05, 3.63) is 63.5 Å². The highest BCUT2D eigenvalue weighted by atomic mass is 35.5. The number of nitrogens with one attached hydrogen (secondary N) is 1. The first-order valence-corrected chi connectivity index (χ1v) is 13.0. The highest BCUT2D eigenvalue weighted by Crippen LogP contribution is 2.43. The Morgan fingerprint density at radius 1 is 1.14 bits per heavy atom. The summed E-state index contributed by atoms with van der Waals surface area (Å²) in [5.41, 5.74) is 2.03. The Bertz CT molecular complexity index is 1100. The lowest BCUT2D eigenvalue weighted by Gasteiger charge is -2.44. The third kappa shape index (κ3) is 5.96. The summed E-state index contributed by atoms with van der Waals surface area (Å²) in [6, 6.07) is 13.4. The van der Waals surface area contributed by atoms with E-state index in [0.29, 0.717) is 34.4 Å². The second kappa shape index (κ2) is 11.4. The lowest BCUT2D eigenvalue weighted by molar-refractivity contribution is -0.131. The van der Waals surface area contributed by atoms with Crippen LogP contribution < -0.4 is 14.8 Å². The molecule has 3 unspecified atom stereocenters. The lowest BCUT2D eigenvalue weighted by Crippen LogP contribution is -2.52. The Balaban J connectivity index is 1.36. The maximum absolute atomic E-state index is 13.2. The molecule has 2 fully saturated rings. The minimum atomic E-state index is -0.0753. The fourth-order valence-corrected chi connectivity index (χ4v) is 6.36. The summed E-state index contributed by atoms with van der Waals surface area (Å²) in [5, 5.41) is 4.07. The number of halogens is 1. The van der Waals surface area contributed by atoms with E-state index >= 15 is 0 Å². The summed E-state index contributed by atoms with van der Waals surface area (Å²) in [6.07, 6.45) is 5.09. The van der Waals surface area contributed by atoms with Crippen LogP contribution in [0.4, 0.5) is 0 Å². The van der Waals surface area contributed by atoms with E-state index in [4.69, 9.17) is 21.1 Å². The molecule has 1 saturated heterocycles. The number of amides is 2. The smallest absolute Gasteiger partial charge is 0.260 e. The number of hydrogen-bond donors (Lipinski definition) is 1. The van der Waals surface area contributed by atoms with Gasteiger partial charge in [0.15, 0.2) is 11.5 Å². The van der Waals surface area contributed by atoms with Gasteiger partial charge in [-0.05, 0) is 67.2 Å². The van der Waals surface area contributed by atoms with E-state index in [1.165, 1.54) is 0 Å². The molecule has 8 heteroatoms. The fraction of sp³-hybridized carbons (Fsp3) is 0.407. The molecule has 2 aromatic carbocycles. The molecule has 0 radical (unpaired) electrons. The Morgan fingerprint density at radius 3 is 2.60 bits per heavy atom. The standard InChI is InChI=1S/C27H31ClN2O4S/c1-30-21-16-19(26(31)29-13-12-17-4-8-20(28)9-5-17)7-11-24(21)35-25(27(30)32)15-18-6-10-22(33-2)23(14-18)34-3/h4-6,8-10,14-15,19,21,24H,7,11-13,16H2,1-3H3,(H,29,31)/b25-15-. The summed E-state index contributed by atoms with van der Waals surface area (Å²) in [6.45, 7) is 0.590. The van der Waals surface area contributed by atoms with Crippen molar-refractivity contribution in [1.82, 2.24) is 10.2 Å². The van der Waals surface area contributed by atoms with Crippen molar-refractivity contribution >= 4 is 41.3 Å². The summed E-state index contributed by atoms with van der Waals surface area (Å²) in [5.74, 6) is 1.28. The van der Waals surface area contributed by atoms with Crippen molar-refractivity contribution in [3.8, 4) is 11.5 Å². The molecule has 1 heterocycles. The second-order valence-electron chi connectivity index (χ2n) is 8.94. The summed E-state index contributed by atoms with van der Waals surface area (Å²) in [4.78, 5) is 28.5. The second-order valence-corrected chi connectivity index (χ2v) is 10.7. The zero-order valence-corrected chi connectivity index (χ0v) is 21.8. The van der Waals surface area contributed by atoms with Crippen LogP contribution in [0.15, 0.2) is 47.4 Å². The quantitative estimate of drug-likeness (QED) is 0.537. The van der Waals surface area contributed by atoms with Crippen LogP contribution in [0.1, 0.15) is 30.4 Å². The first-order chi connectivity index (χ1) is 16.9. The van der Waals surface area contributed by atoms with Crippen LogP contribution in [-0.2, 0) is 16.0 Å². The predicted molar refractivity (Wildman–Crippen MR) is 141 cm³/mol. The summed E-state index contributed by atoms with van der Waals surface area (Å²) in [7, 11) is 5.05. The van der Waals surface area contributed by atoms with Gasteiger partial charge in [-0.25, -0.2) is 0 Å². The highest BCUT2D eigenvalue weighted by Gasteiger charge is 2.42. The van der Waals surface area contributed by atoms with Crippen molar-refractivity contribution in [2.24, 2.45) is 5.92 Å². The van der Waals surface area contributed by atoms with Crippen LogP contribution in [0.3, 0.4) is 0 Å². The number of benzene rings is 2. The van der Waals surface area contributed by atoms with Crippen LogP contribution in [0.5, 0.6) is 11.5 Å². The monoisotopic (exact) mass is 514 g/mol. The molecular weight excluding hydrogens is 484 g/mol. The number of ether oxygens (including phenoxy) is 2. The number of carbonyl (C=O) groups excluding carboxylic acids is 2. The van der Waals surface area contributed by atoms with Gasteiger partial charge < -0.3 is 19.7 Å². The number of methoxy groups -OCH3 is 2. The number of fused-ring (bicyclic) bond motifs is 1. The van der Waals surface area contributed by atoms with Crippen LogP contribution in [0, 0.1) is 5.92 Å². The molecule has 1 N–H and O–H groups in total. The summed E-state index contributed by atoms with van der Waals surface area (Å²) >= 11 is 7.57. The molecule has 4 rings (SSSR count). The zero-order valence-electron chi connectivity index (χ0n) is 20.3. The van der Waals surface area contributed by atoms with E-state index in [9.17, 15) is 9.59 Å². The molecule has 1 saturated carbocycles. The number of thioether (sulfide) groups is 1. The largest absolute Gasteiger partial charge is 0.493 e. The molecule has 2 amide bonds. The number of nitrogens with zero attached hydrogens (tertiary/aromatic N) is 1. The molecule has 1 aliphatic heterocycles. The molecule has 186 valence electrons. The average molecular weight is 515 g/mol. The Hall–Kier alpha value is -2.64. The normalized spacial score (nSPS) is 23.1. The van der Waals surface area contributed by atoms with Gasteiger partial charge in [0.05, 0.1) is 19.1 Å². The third-order valence-electron chi connectivity index (χ3n) is 6.76. The predicted octanol–water partition coefficient (Wildman–Crippen LogP) is 4.80. The topological polar surface area (TPSA) is 67.9 Å². The van der Waals surface area contributed by atoms with Crippen molar-refractivity contribution in [3.63, 3.8) is 0 Å². The van der Waals surface area contributed by atoms with E-state index in [2.05, 4.69) is 5.32 Å². The molecule has 1 aliphatic carbocycles. The van der Waals surface area contributed by atoms with Gasteiger partial charge in [-0.2, -0.15) is 0 Å². The molecule has 35 heavy (non-hydrogen) atoms. The molecule has 2 aliphatic rings. The van der Waals surface area contributed by atoms with Crippen molar-refractivity contribution in [1.29, 1.82) is 0 Å². The highest BCUT2D eigenvalue weighted by molar-refractivity contribution is 8.04. The molecule has 3 atom stereocenters. The van der Waals surface area contributed by atoms with Crippen molar-refractivity contribution < 1.29 is 19.1 Å². The maximum Gasteiger partial charge on any atom is 0.260 e. The average Bonchev–Trinajstić information content (AvgIpc) is 2.88. The fourth-order valence-electron chi connectivity index (χ4n) is 4.76. The van der Waals surface area contributed by atoms with E-state index in [1.54, 1.807) is 26.0 Å². The molecule has 0 aromatic heterocycles. The minimum Gasteiger partial charge on any atom is -0.493 e. The number of likely N-dealkylation sites (N-methyl/N-ethyl adjacent to an activating group) is 1. The zero-order chi connectivity index (χ0) is 24.9. The first kappa shape index (κ1) is 25.5. The van der Waals surface area contributed by atoms with Crippen LogP contribution in [0.25, 0.3) is 6.08 Å². The maximum atomic E-state index is 13.2. The third-order valence-corrected chi connectivity index (χ3v) is 8.42. The SMILES string of the molecule is COc1ccc(/C=C2\SC3CCC(C(=O)NCCc4ccc(Cl)cc4)CC3N(C)C2=O)cc1OC. The van der Waals surface area contributed by atoms with Crippen LogP contribution in [0.2, 0.25) is 5.02 Å². The van der Waals surface area contributed by atoms with Gasteiger partial charge in [0.2, 0.25) is 5.91 Å². The minimum absolute atomic E-state index is 0.00479. The summed E-state index contributed by atoms with van der Waals surface area (Å²) < 4.78 is 10.7. The van der Waals surface area contributed by atoms with Gasteiger partial charge in [-0.15, -0.1) is 11.8 Å². The first-order valence-electron chi connectivity index (χ1n) is 11.8. The van der Waals surface area contributed by atoms with E-state index < -0.39 is 0 Å². The molecule has 0 bridgehead atoms. The van der Waals surface area contributed by atoms with Gasteiger partial charge in [-0.1, -0.05) is 29.8 Å². The molecule has 2 aromatic rings. The molecular formula is C27H31ClN2O4S.